The van der Waals surface area contributed by atoms with Crippen LogP contribution >= 0.6 is 0 Å². The monoisotopic (exact) mass is 335 g/mol. The average Bonchev–Trinajstić information content (AvgIpc) is 2.61. The molecular formula is C19H21N5O. The minimum Gasteiger partial charge on any atom is -0.492 e. The molecular weight excluding hydrogens is 314 g/mol. The standard InChI is InChI=1S/C19H21N5O/c1-4-25-17-8-6-5-7-16(17)22-18-12-20-24-19(23-18)21-15-10-9-13(2)14(3)11-15/h5-12H,4H2,1-3H3,(H2,21,22,23,24). The minimum atomic E-state index is 0.433. The van der Waals surface area contributed by atoms with Crippen molar-refractivity contribution in [1.82, 2.24) is 15.2 Å². The smallest absolute Gasteiger partial charge is 0.249 e. The van der Waals surface area contributed by atoms with Crippen molar-refractivity contribution in [3.05, 3.63) is 59.8 Å². The third-order valence-electron chi connectivity index (χ3n) is 3.77. The first-order valence-electron chi connectivity index (χ1n) is 8.18. The molecule has 25 heavy (non-hydrogen) atoms. The van der Waals surface area contributed by atoms with E-state index in [4.69, 9.17) is 4.74 Å². The average molecular weight is 335 g/mol. The maximum atomic E-state index is 5.62. The summed E-state index contributed by atoms with van der Waals surface area (Å²) in [6, 6.07) is 13.8. The molecule has 0 fully saturated rings. The Labute approximate surface area is 147 Å². The van der Waals surface area contributed by atoms with Gasteiger partial charge in [-0.25, -0.2) is 0 Å². The largest absolute Gasteiger partial charge is 0.492 e. The van der Waals surface area contributed by atoms with Gasteiger partial charge in [0.15, 0.2) is 5.82 Å². The fourth-order valence-corrected chi connectivity index (χ4v) is 2.35. The lowest BCUT2D eigenvalue weighted by molar-refractivity contribution is 0.342. The summed E-state index contributed by atoms with van der Waals surface area (Å²) in [6.07, 6.45) is 1.58. The summed E-state index contributed by atoms with van der Waals surface area (Å²) in [6.45, 7) is 6.70. The molecule has 0 radical (unpaired) electrons. The van der Waals surface area contributed by atoms with E-state index in [2.05, 4.69) is 51.8 Å². The van der Waals surface area contributed by atoms with Crippen molar-refractivity contribution in [2.45, 2.75) is 20.8 Å². The minimum absolute atomic E-state index is 0.433. The van der Waals surface area contributed by atoms with Crippen LogP contribution in [0.5, 0.6) is 5.75 Å². The van der Waals surface area contributed by atoms with E-state index in [-0.39, 0.29) is 0 Å². The molecule has 3 rings (SSSR count). The highest BCUT2D eigenvalue weighted by Gasteiger charge is 2.06. The summed E-state index contributed by atoms with van der Waals surface area (Å²) in [4.78, 5) is 4.47. The SMILES string of the molecule is CCOc1ccccc1Nc1cnnc(Nc2ccc(C)c(C)c2)n1. The number of anilines is 4. The number of aromatic nitrogens is 3. The highest BCUT2D eigenvalue weighted by atomic mass is 16.5. The van der Waals surface area contributed by atoms with E-state index in [0.717, 1.165) is 17.1 Å². The van der Waals surface area contributed by atoms with Crippen LogP contribution in [-0.2, 0) is 0 Å². The van der Waals surface area contributed by atoms with Crippen molar-refractivity contribution in [3.8, 4) is 5.75 Å². The van der Waals surface area contributed by atoms with E-state index in [1.54, 1.807) is 6.20 Å². The van der Waals surface area contributed by atoms with Gasteiger partial charge in [0.05, 0.1) is 18.5 Å². The number of rotatable bonds is 6. The van der Waals surface area contributed by atoms with Crippen molar-refractivity contribution in [2.75, 3.05) is 17.2 Å². The van der Waals surface area contributed by atoms with E-state index in [1.165, 1.54) is 11.1 Å². The predicted molar refractivity (Wildman–Crippen MR) is 99.9 cm³/mol. The Balaban J connectivity index is 1.78. The van der Waals surface area contributed by atoms with Gasteiger partial charge in [0.25, 0.3) is 0 Å². The van der Waals surface area contributed by atoms with Gasteiger partial charge in [0.1, 0.15) is 5.75 Å². The summed E-state index contributed by atoms with van der Waals surface area (Å²) in [5.74, 6) is 1.79. The highest BCUT2D eigenvalue weighted by Crippen LogP contribution is 2.26. The van der Waals surface area contributed by atoms with E-state index in [1.807, 2.05) is 37.3 Å². The van der Waals surface area contributed by atoms with Gasteiger partial charge in [-0.2, -0.15) is 10.1 Å². The van der Waals surface area contributed by atoms with Gasteiger partial charge in [-0.15, -0.1) is 5.10 Å². The summed E-state index contributed by atoms with van der Waals surface area (Å²) in [5, 5.41) is 14.5. The highest BCUT2D eigenvalue weighted by molar-refractivity contribution is 5.64. The van der Waals surface area contributed by atoms with Crippen LogP contribution in [-0.4, -0.2) is 21.8 Å². The number of hydrogen-bond acceptors (Lipinski definition) is 6. The van der Waals surface area contributed by atoms with Crippen molar-refractivity contribution >= 4 is 23.1 Å². The topological polar surface area (TPSA) is 72.0 Å². The van der Waals surface area contributed by atoms with E-state index in [0.29, 0.717) is 18.4 Å². The lowest BCUT2D eigenvalue weighted by Gasteiger charge is -2.12. The van der Waals surface area contributed by atoms with Crippen LogP contribution in [0.1, 0.15) is 18.1 Å². The van der Waals surface area contributed by atoms with Gasteiger partial charge in [-0.3, -0.25) is 0 Å². The molecule has 0 aliphatic carbocycles. The number of benzene rings is 2. The van der Waals surface area contributed by atoms with Gasteiger partial charge in [-0.05, 0) is 56.2 Å². The third kappa shape index (κ3) is 4.23. The maximum Gasteiger partial charge on any atom is 0.249 e. The zero-order chi connectivity index (χ0) is 17.6. The summed E-state index contributed by atoms with van der Waals surface area (Å²) < 4.78 is 5.62. The number of aryl methyl sites for hydroxylation is 2. The first-order chi connectivity index (χ1) is 12.2. The zero-order valence-corrected chi connectivity index (χ0v) is 14.6. The molecule has 1 aromatic heterocycles. The van der Waals surface area contributed by atoms with Gasteiger partial charge in [0, 0.05) is 5.69 Å². The summed E-state index contributed by atoms with van der Waals surface area (Å²) >= 11 is 0. The molecule has 128 valence electrons. The number of para-hydroxylation sites is 2. The molecule has 2 aromatic carbocycles. The van der Waals surface area contributed by atoms with Crippen LogP contribution in [0.15, 0.2) is 48.7 Å². The second kappa shape index (κ2) is 7.61. The van der Waals surface area contributed by atoms with E-state index in [9.17, 15) is 0 Å². The molecule has 0 atom stereocenters. The van der Waals surface area contributed by atoms with Crippen LogP contribution in [0.4, 0.5) is 23.1 Å². The molecule has 2 N–H and O–H groups in total. The van der Waals surface area contributed by atoms with Crippen LogP contribution in [0.2, 0.25) is 0 Å². The molecule has 0 saturated heterocycles. The quantitative estimate of drug-likeness (QED) is 0.697. The van der Waals surface area contributed by atoms with Gasteiger partial charge in [-0.1, -0.05) is 18.2 Å². The molecule has 0 bridgehead atoms. The molecule has 6 nitrogen and oxygen atoms in total. The van der Waals surface area contributed by atoms with Crippen LogP contribution < -0.4 is 15.4 Å². The van der Waals surface area contributed by atoms with Crippen molar-refractivity contribution < 1.29 is 4.74 Å². The molecule has 0 aliphatic rings. The molecule has 0 saturated carbocycles. The van der Waals surface area contributed by atoms with Crippen molar-refractivity contribution in [1.29, 1.82) is 0 Å². The maximum absolute atomic E-state index is 5.62. The van der Waals surface area contributed by atoms with E-state index >= 15 is 0 Å². The Morgan fingerprint density at radius 1 is 1.00 bits per heavy atom. The molecule has 0 unspecified atom stereocenters. The molecule has 1 heterocycles. The third-order valence-corrected chi connectivity index (χ3v) is 3.77. The van der Waals surface area contributed by atoms with Crippen LogP contribution in [0.25, 0.3) is 0 Å². The number of ether oxygens (including phenoxy) is 1. The van der Waals surface area contributed by atoms with Crippen molar-refractivity contribution in [2.24, 2.45) is 0 Å². The molecule has 6 heteroatoms. The first-order valence-corrected chi connectivity index (χ1v) is 8.18. The second-order valence-corrected chi connectivity index (χ2v) is 5.64. The summed E-state index contributed by atoms with van der Waals surface area (Å²) in [5.41, 5.74) is 4.21. The van der Waals surface area contributed by atoms with Crippen LogP contribution in [0.3, 0.4) is 0 Å². The Morgan fingerprint density at radius 3 is 2.64 bits per heavy atom. The van der Waals surface area contributed by atoms with Gasteiger partial charge in [0.2, 0.25) is 5.95 Å². The van der Waals surface area contributed by atoms with Gasteiger partial charge >= 0.3 is 0 Å². The normalized spacial score (nSPS) is 10.4. The second-order valence-electron chi connectivity index (χ2n) is 5.64. The fraction of sp³-hybridized carbons (Fsp3) is 0.211. The predicted octanol–water partition coefficient (Wildman–Crippen LogP) is 4.37. The Kier molecular flexibility index (Phi) is 5.09. The Hall–Kier alpha value is -3.15. The van der Waals surface area contributed by atoms with Crippen molar-refractivity contribution in [3.63, 3.8) is 0 Å². The number of hydrogen-bond donors (Lipinski definition) is 2. The lowest BCUT2D eigenvalue weighted by atomic mass is 10.1. The summed E-state index contributed by atoms with van der Waals surface area (Å²) in [7, 11) is 0. The number of nitrogens with zero attached hydrogens (tertiary/aromatic N) is 3. The molecule has 0 spiro atoms. The van der Waals surface area contributed by atoms with Gasteiger partial charge < -0.3 is 15.4 Å². The lowest BCUT2D eigenvalue weighted by Crippen LogP contribution is -2.04. The molecule has 0 amide bonds. The molecule has 0 aliphatic heterocycles. The fourth-order valence-electron chi connectivity index (χ4n) is 2.35. The Morgan fingerprint density at radius 2 is 1.84 bits per heavy atom. The number of nitrogens with one attached hydrogen (secondary N) is 2. The van der Waals surface area contributed by atoms with E-state index < -0.39 is 0 Å². The zero-order valence-electron chi connectivity index (χ0n) is 14.6. The molecule has 3 aromatic rings. The van der Waals surface area contributed by atoms with Crippen LogP contribution in [0, 0.1) is 13.8 Å². The Bertz CT molecular complexity index is 866. The first kappa shape index (κ1) is 16.7.